The number of ether oxygens (including phenoxy) is 1. The predicted molar refractivity (Wildman–Crippen MR) is 89.9 cm³/mol. The summed E-state index contributed by atoms with van der Waals surface area (Å²) in [5.74, 6) is -0.905. The lowest BCUT2D eigenvalue weighted by molar-refractivity contribution is -0.143. The number of ketones is 1. The molecule has 0 spiro atoms. The van der Waals surface area contributed by atoms with Gasteiger partial charge in [0.25, 0.3) is 0 Å². The average molecular weight is 326 g/mol. The number of rotatable bonds is 3. The Morgan fingerprint density at radius 1 is 1.29 bits per heavy atom. The molecular formula is C19H22N2O3. The standard InChI is InChI=1S/C19H22N2O3/c1-11(2)24-19(23)16-12(3)21-14-5-4-6-15(22)18(14)17(16)13-7-9-20-10-8-13/h5,7-11,17-18,21H,4,6H2,1-3H3. The number of fused-ring (bicyclic) bond motifs is 1. The lowest BCUT2D eigenvalue weighted by Crippen LogP contribution is -2.41. The van der Waals surface area contributed by atoms with Crippen molar-refractivity contribution in [2.75, 3.05) is 0 Å². The molecule has 0 radical (unpaired) electrons. The molecule has 1 aliphatic heterocycles. The van der Waals surface area contributed by atoms with Gasteiger partial charge in [0.1, 0.15) is 5.78 Å². The summed E-state index contributed by atoms with van der Waals surface area (Å²) in [4.78, 5) is 29.4. The van der Waals surface area contributed by atoms with E-state index >= 15 is 0 Å². The van der Waals surface area contributed by atoms with Crippen LogP contribution in [0.5, 0.6) is 0 Å². The second-order valence-electron chi connectivity index (χ2n) is 6.52. The van der Waals surface area contributed by atoms with Crippen LogP contribution in [0.4, 0.5) is 0 Å². The Morgan fingerprint density at radius 3 is 2.67 bits per heavy atom. The van der Waals surface area contributed by atoms with Gasteiger partial charge in [-0.05, 0) is 44.9 Å². The van der Waals surface area contributed by atoms with E-state index in [1.807, 2.05) is 32.9 Å². The molecule has 2 heterocycles. The molecule has 2 unspecified atom stereocenters. The molecule has 0 saturated heterocycles. The van der Waals surface area contributed by atoms with Crippen molar-refractivity contribution in [2.24, 2.45) is 5.92 Å². The van der Waals surface area contributed by atoms with Gasteiger partial charge >= 0.3 is 5.97 Å². The molecule has 126 valence electrons. The number of hydrogen-bond donors (Lipinski definition) is 1. The number of esters is 1. The van der Waals surface area contributed by atoms with Crippen LogP contribution < -0.4 is 5.32 Å². The maximum Gasteiger partial charge on any atom is 0.336 e. The number of aromatic nitrogens is 1. The Labute approximate surface area is 141 Å². The number of pyridine rings is 1. The highest BCUT2D eigenvalue weighted by Gasteiger charge is 2.43. The quantitative estimate of drug-likeness (QED) is 0.865. The largest absolute Gasteiger partial charge is 0.460 e. The molecule has 24 heavy (non-hydrogen) atoms. The molecule has 1 aromatic heterocycles. The zero-order valence-corrected chi connectivity index (χ0v) is 14.2. The number of nitrogens with zero attached hydrogens (tertiary/aromatic N) is 1. The van der Waals surface area contributed by atoms with E-state index in [2.05, 4.69) is 16.4 Å². The summed E-state index contributed by atoms with van der Waals surface area (Å²) in [7, 11) is 0. The van der Waals surface area contributed by atoms with E-state index in [1.54, 1.807) is 12.4 Å². The van der Waals surface area contributed by atoms with Crippen molar-refractivity contribution in [2.45, 2.75) is 45.6 Å². The van der Waals surface area contributed by atoms with Crippen molar-refractivity contribution in [1.29, 1.82) is 0 Å². The maximum atomic E-state index is 12.7. The first-order chi connectivity index (χ1) is 11.5. The summed E-state index contributed by atoms with van der Waals surface area (Å²) in [6.45, 7) is 5.51. The van der Waals surface area contributed by atoms with E-state index in [0.717, 1.165) is 23.4 Å². The number of nitrogens with one attached hydrogen (secondary N) is 1. The zero-order valence-electron chi connectivity index (χ0n) is 14.2. The van der Waals surface area contributed by atoms with Crippen molar-refractivity contribution in [3.8, 4) is 0 Å². The van der Waals surface area contributed by atoms with Gasteiger partial charge in [-0.15, -0.1) is 0 Å². The molecule has 0 aromatic carbocycles. The summed E-state index contributed by atoms with van der Waals surface area (Å²) in [6, 6.07) is 3.73. The lowest BCUT2D eigenvalue weighted by Gasteiger charge is -2.38. The summed E-state index contributed by atoms with van der Waals surface area (Å²) in [5, 5.41) is 3.26. The number of allylic oxidation sites excluding steroid dienone is 3. The molecule has 0 amide bonds. The number of carbonyl (C=O) groups excluding carboxylic acids is 2. The molecule has 0 bridgehead atoms. The van der Waals surface area contributed by atoms with Crippen LogP contribution in [0, 0.1) is 5.92 Å². The fraction of sp³-hybridized carbons (Fsp3) is 0.421. The van der Waals surface area contributed by atoms with Crippen molar-refractivity contribution in [3.05, 3.63) is 53.1 Å². The van der Waals surface area contributed by atoms with Gasteiger partial charge in [0.15, 0.2) is 0 Å². The summed E-state index contributed by atoms with van der Waals surface area (Å²) < 4.78 is 5.44. The molecule has 0 saturated carbocycles. The Bertz CT molecular complexity index is 719. The average Bonchev–Trinajstić information content (AvgIpc) is 2.53. The molecule has 3 rings (SSSR count). The normalized spacial score (nSPS) is 23.5. The molecule has 1 aromatic rings. The van der Waals surface area contributed by atoms with Gasteiger partial charge in [-0.1, -0.05) is 6.08 Å². The molecular weight excluding hydrogens is 304 g/mol. The molecule has 2 aliphatic rings. The van der Waals surface area contributed by atoms with E-state index in [4.69, 9.17) is 4.74 Å². The maximum absolute atomic E-state index is 12.7. The van der Waals surface area contributed by atoms with Crippen LogP contribution >= 0.6 is 0 Å². The first kappa shape index (κ1) is 16.4. The van der Waals surface area contributed by atoms with Crippen LogP contribution in [0.15, 0.2) is 47.6 Å². The van der Waals surface area contributed by atoms with Crippen molar-refractivity contribution < 1.29 is 14.3 Å². The van der Waals surface area contributed by atoms with Gasteiger partial charge in [-0.2, -0.15) is 0 Å². The molecule has 1 N–H and O–H groups in total. The lowest BCUT2D eigenvalue weighted by atomic mass is 9.71. The summed E-state index contributed by atoms with van der Waals surface area (Å²) in [5.41, 5.74) is 3.09. The fourth-order valence-corrected chi connectivity index (χ4v) is 3.49. The minimum atomic E-state index is -0.366. The van der Waals surface area contributed by atoms with Crippen LogP contribution in [0.25, 0.3) is 0 Å². The highest BCUT2D eigenvalue weighted by molar-refractivity contribution is 5.96. The van der Waals surface area contributed by atoms with Crippen LogP contribution in [0.1, 0.15) is 45.1 Å². The van der Waals surface area contributed by atoms with Gasteiger partial charge in [0.2, 0.25) is 0 Å². The molecule has 1 aliphatic carbocycles. The third-order valence-electron chi connectivity index (χ3n) is 4.44. The number of carbonyl (C=O) groups is 2. The minimum absolute atomic E-state index is 0.157. The first-order valence-electron chi connectivity index (χ1n) is 8.30. The Kier molecular flexibility index (Phi) is 4.51. The highest BCUT2D eigenvalue weighted by Crippen LogP contribution is 2.43. The molecule has 0 fully saturated rings. The monoisotopic (exact) mass is 326 g/mol. The summed E-state index contributed by atoms with van der Waals surface area (Å²) in [6.07, 6.45) is 6.47. The number of Topliss-reactive ketones (excluding diaryl/α,β-unsaturated/α-hetero) is 1. The van der Waals surface area contributed by atoms with Crippen LogP contribution in [0.2, 0.25) is 0 Å². The predicted octanol–water partition coefficient (Wildman–Crippen LogP) is 2.86. The van der Waals surface area contributed by atoms with Crippen LogP contribution in [0.3, 0.4) is 0 Å². The van der Waals surface area contributed by atoms with Gasteiger partial charge in [0, 0.05) is 36.1 Å². The van der Waals surface area contributed by atoms with E-state index in [0.29, 0.717) is 12.0 Å². The first-order valence-corrected chi connectivity index (χ1v) is 8.30. The van der Waals surface area contributed by atoms with E-state index in [1.165, 1.54) is 0 Å². The third kappa shape index (κ3) is 2.98. The smallest absolute Gasteiger partial charge is 0.336 e. The second-order valence-corrected chi connectivity index (χ2v) is 6.52. The topological polar surface area (TPSA) is 68.3 Å². The molecule has 5 heteroatoms. The van der Waals surface area contributed by atoms with E-state index in [-0.39, 0.29) is 29.7 Å². The van der Waals surface area contributed by atoms with Crippen molar-refractivity contribution in [3.63, 3.8) is 0 Å². The van der Waals surface area contributed by atoms with Gasteiger partial charge < -0.3 is 10.1 Å². The molecule has 2 atom stereocenters. The minimum Gasteiger partial charge on any atom is -0.460 e. The van der Waals surface area contributed by atoms with Crippen molar-refractivity contribution >= 4 is 11.8 Å². The molecule has 5 nitrogen and oxygen atoms in total. The zero-order chi connectivity index (χ0) is 17.3. The van der Waals surface area contributed by atoms with E-state index < -0.39 is 0 Å². The second kappa shape index (κ2) is 6.59. The third-order valence-corrected chi connectivity index (χ3v) is 4.44. The van der Waals surface area contributed by atoms with Gasteiger partial charge in [-0.25, -0.2) is 4.79 Å². The summed E-state index contributed by atoms with van der Waals surface area (Å²) >= 11 is 0. The fourth-order valence-electron chi connectivity index (χ4n) is 3.49. The Balaban J connectivity index is 2.13. The van der Waals surface area contributed by atoms with Gasteiger partial charge in [0.05, 0.1) is 17.6 Å². The van der Waals surface area contributed by atoms with E-state index in [9.17, 15) is 9.59 Å². The Morgan fingerprint density at radius 2 is 2.00 bits per heavy atom. The van der Waals surface area contributed by atoms with Crippen LogP contribution in [-0.4, -0.2) is 22.8 Å². The van der Waals surface area contributed by atoms with Crippen LogP contribution in [-0.2, 0) is 14.3 Å². The van der Waals surface area contributed by atoms with Gasteiger partial charge in [-0.3, -0.25) is 9.78 Å². The SMILES string of the molecule is CC1=C(C(=O)OC(C)C)C(c2ccncc2)C2C(=O)CCC=C2N1. The highest BCUT2D eigenvalue weighted by atomic mass is 16.5. The Hall–Kier alpha value is -2.43. The number of hydrogen-bond acceptors (Lipinski definition) is 5. The van der Waals surface area contributed by atoms with Crippen molar-refractivity contribution in [1.82, 2.24) is 10.3 Å².